The maximum Gasteiger partial charge on any atom is 0.178 e. The Morgan fingerprint density at radius 3 is 2.70 bits per heavy atom. The molecule has 0 saturated heterocycles. The summed E-state index contributed by atoms with van der Waals surface area (Å²) in [4.78, 5) is 2.70. The Labute approximate surface area is 121 Å². The number of rotatable bonds is 5. The van der Waals surface area contributed by atoms with Crippen LogP contribution in [0.25, 0.3) is 0 Å². The van der Waals surface area contributed by atoms with E-state index in [-0.39, 0.29) is 11.3 Å². The van der Waals surface area contributed by atoms with Gasteiger partial charge < -0.3 is 5.73 Å². The highest BCUT2D eigenvalue weighted by molar-refractivity contribution is 7.91. The normalized spacial score (nSPS) is 24.6. The molecule has 5 heteroatoms. The van der Waals surface area contributed by atoms with E-state index in [2.05, 4.69) is 18.9 Å². The molecule has 20 heavy (non-hydrogen) atoms. The number of benzene rings is 1. The summed E-state index contributed by atoms with van der Waals surface area (Å²) >= 11 is 0. The van der Waals surface area contributed by atoms with E-state index in [0.717, 1.165) is 24.9 Å². The van der Waals surface area contributed by atoms with Crippen LogP contribution in [0.5, 0.6) is 0 Å². The van der Waals surface area contributed by atoms with Gasteiger partial charge in [0.2, 0.25) is 0 Å². The van der Waals surface area contributed by atoms with Gasteiger partial charge in [-0.3, -0.25) is 4.90 Å². The summed E-state index contributed by atoms with van der Waals surface area (Å²) in [5, 5.41) is 0. The van der Waals surface area contributed by atoms with E-state index in [4.69, 9.17) is 5.73 Å². The van der Waals surface area contributed by atoms with Crippen molar-refractivity contribution in [3.8, 4) is 0 Å². The molecule has 4 nitrogen and oxygen atoms in total. The molecular formula is C15H24N2O2S. The van der Waals surface area contributed by atoms with E-state index in [1.807, 2.05) is 12.1 Å². The summed E-state index contributed by atoms with van der Waals surface area (Å²) in [6, 6.07) is 7.32. The third kappa shape index (κ3) is 2.50. The fourth-order valence-electron chi connectivity index (χ4n) is 3.04. The fourth-order valence-corrected chi connectivity index (χ4v) is 4.75. The average Bonchev–Trinajstić information content (AvgIpc) is 2.46. The molecule has 0 aromatic heterocycles. The van der Waals surface area contributed by atoms with Crippen molar-refractivity contribution >= 4 is 9.84 Å². The Morgan fingerprint density at radius 1 is 1.35 bits per heavy atom. The fraction of sp³-hybridized carbons (Fsp3) is 0.600. The molecule has 1 unspecified atom stereocenters. The van der Waals surface area contributed by atoms with Gasteiger partial charge in [0, 0.05) is 6.54 Å². The van der Waals surface area contributed by atoms with Gasteiger partial charge in [-0.2, -0.15) is 0 Å². The largest absolute Gasteiger partial charge is 0.328 e. The van der Waals surface area contributed by atoms with Gasteiger partial charge >= 0.3 is 0 Å². The molecule has 1 aromatic carbocycles. The van der Waals surface area contributed by atoms with Crippen LogP contribution in [0.4, 0.5) is 0 Å². The second kappa shape index (κ2) is 5.84. The summed E-state index contributed by atoms with van der Waals surface area (Å²) in [6.07, 6.45) is 2.78. The number of nitrogens with zero attached hydrogens (tertiary/aromatic N) is 1. The van der Waals surface area contributed by atoms with Crippen molar-refractivity contribution in [2.24, 2.45) is 5.73 Å². The van der Waals surface area contributed by atoms with Gasteiger partial charge in [-0.05, 0) is 38.1 Å². The zero-order valence-corrected chi connectivity index (χ0v) is 13.1. The van der Waals surface area contributed by atoms with Gasteiger partial charge in [-0.1, -0.05) is 31.5 Å². The van der Waals surface area contributed by atoms with Crippen LogP contribution >= 0.6 is 0 Å². The number of fused-ring (bicyclic) bond motifs is 1. The van der Waals surface area contributed by atoms with Crippen molar-refractivity contribution in [3.63, 3.8) is 0 Å². The van der Waals surface area contributed by atoms with Gasteiger partial charge in [-0.15, -0.1) is 0 Å². The third-order valence-corrected chi connectivity index (χ3v) is 6.19. The van der Waals surface area contributed by atoms with E-state index in [1.54, 1.807) is 12.1 Å². The predicted octanol–water partition coefficient (Wildman–Crippen LogP) is 1.75. The van der Waals surface area contributed by atoms with Crippen molar-refractivity contribution in [1.29, 1.82) is 0 Å². The number of unbranched alkanes of at least 4 members (excludes halogenated alkanes) is 1. The maximum absolute atomic E-state index is 12.3. The molecule has 1 atom stereocenters. The summed E-state index contributed by atoms with van der Waals surface area (Å²) < 4.78 is 24.5. The quantitative estimate of drug-likeness (QED) is 0.899. The van der Waals surface area contributed by atoms with Crippen LogP contribution in [0.15, 0.2) is 29.2 Å². The smallest absolute Gasteiger partial charge is 0.178 e. The van der Waals surface area contributed by atoms with Crippen LogP contribution in [-0.4, -0.2) is 39.2 Å². The Balaban J connectivity index is 2.50. The van der Waals surface area contributed by atoms with Crippen molar-refractivity contribution < 1.29 is 8.42 Å². The third-order valence-electron chi connectivity index (χ3n) is 4.42. The highest BCUT2D eigenvalue weighted by Crippen LogP contribution is 2.40. The number of likely N-dealkylation sites (N-methyl/N-ethyl adjacent to an activating group) is 1. The van der Waals surface area contributed by atoms with Crippen LogP contribution in [-0.2, 0) is 15.4 Å². The highest BCUT2D eigenvalue weighted by atomic mass is 32.2. The summed E-state index contributed by atoms with van der Waals surface area (Å²) in [5.41, 5.74) is 6.60. The number of sulfone groups is 1. The molecule has 0 amide bonds. The zero-order valence-electron chi connectivity index (χ0n) is 12.3. The van der Waals surface area contributed by atoms with Crippen molar-refractivity contribution in [1.82, 2.24) is 4.90 Å². The van der Waals surface area contributed by atoms with Crippen LogP contribution in [0.2, 0.25) is 0 Å². The minimum absolute atomic E-state index is 0.178. The lowest BCUT2D eigenvalue weighted by Gasteiger charge is -2.45. The van der Waals surface area contributed by atoms with E-state index >= 15 is 0 Å². The first kappa shape index (κ1) is 15.5. The monoisotopic (exact) mass is 296 g/mol. The van der Waals surface area contributed by atoms with Crippen LogP contribution in [0.1, 0.15) is 31.7 Å². The zero-order chi connectivity index (χ0) is 14.8. The van der Waals surface area contributed by atoms with Crippen LogP contribution in [0, 0.1) is 0 Å². The lowest BCUT2D eigenvalue weighted by atomic mass is 9.85. The van der Waals surface area contributed by atoms with E-state index < -0.39 is 9.84 Å². The first-order valence-corrected chi connectivity index (χ1v) is 8.87. The second-order valence-corrected chi connectivity index (χ2v) is 7.65. The topological polar surface area (TPSA) is 63.4 Å². The SMILES string of the molecule is CCCCN(C)C1(CN)CCS(=O)(=O)c2ccccc21. The van der Waals surface area contributed by atoms with Gasteiger partial charge in [0.05, 0.1) is 16.2 Å². The van der Waals surface area contributed by atoms with Gasteiger partial charge in [0.25, 0.3) is 0 Å². The van der Waals surface area contributed by atoms with E-state index in [9.17, 15) is 8.42 Å². The standard InChI is InChI=1S/C15H24N2O2S/c1-3-4-10-17(2)15(12-16)9-11-20(18,19)14-8-6-5-7-13(14)15/h5-8H,3-4,9-12,16H2,1-2H3. The van der Waals surface area contributed by atoms with Gasteiger partial charge in [-0.25, -0.2) is 8.42 Å². The maximum atomic E-state index is 12.3. The molecule has 0 aliphatic carbocycles. The molecular weight excluding hydrogens is 272 g/mol. The minimum Gasteiger partial charge on any atom is -0.328 e. The number of hydrogen-bond acceptors (Lipinski definition) is 4. The van der Waals surface area contributed by atoms with Gasteiger partial charge in [0.15, 0.2) is 9.84 Å². The molecule has 1 heterocycles. The Kier molecular flexibility index (Phi) is 4.52. The summed E-state index contributed by atoms with van der Waals surface area (Å²) in [6.45, 7) is 3.53. The van der Waals surface area contributed by atoms with Crippen LogP contribution < -0.4 is 5.73 Å². The van der Waals surface area contributed by atoms with Crippen molar-refractivity contribution in [2.45, 2.75) is 36.6 Å². The number of hydrogen-bond donors (Lipinski definition) is 1. The molecule has 0 bridgehead atoms. The molecule has 0 fully saturated rings. The molecule has 0 spiro atoms. The molecule has 2 N–H and O–H groups in total. The molecule has 2 rings (SSSR count). The number of nitrogens with two attached hydrogens (primary N) is 1. The molecule has 1 aromatic rings. The van der Waals surface area contributed by atoms with Crippen molar-refractivity contribution in [2.75, 3.05) is 25.9 Å². The van der Waals surface area contributed by atoms with E-state index in [0.29, 0.717) is 17.9 Å². The molecule has 0 saturated carbocycles. The lowest BCUT2D eigenvalue weighted by Crippen LogP contribution is -2.53. The van der Waals surface area contributed by atoms with E-state index in [1.165, 1.54) is 0 Å². The lowest BCUT2D eigenvalue weighted by molar-refractivity contribution is 0.113. The Bertz CT molecular complexity index is 571. The molecule has 1 aliphatic heterocycles. The average molecular weight is 296 g/mol. The summed E-state index contributed by atoms with van der Waals surface area (Å²) in [5.74, 6) is 0.178. The predicted molar refractivity (Wildman–Crippen MR) is 81.4 cm³/mol. The van der Waals surface area contributed by atoms with Gasteiger partial charge in [0.1, 0.15) is 0 Å². The first-order valence-electron chi connectivity index (χ1n) is 7.21. The van der Waals surface area contributed by atoms with Crippen LogP contribution in [0.3, 0.4) is 0 Å². The first-order chi connectivity index (χ1) is 9.48. The highest BCUT2D eigenvalue weighted by Gasteiger charge is 2.43. The molecule has 1 aliphatic rings. The molecule has 0 radical (unpaired) electrons. The van der Waals surface area contributed by atoms with Crippen molar-refractivity contribution in [3.05, 3.63) is 29.8 Å². The Morgan fingerprint density at radius 2 is 2.05 bits per heavy atom. The second-order valence-electron chi connectivity index (χ2n) is 5.58. The molecule has 112 valence electrons. The Hall–Kier alpha value is -0.910. The minimum atomic E-state index is -3.16. The summed E-state index contributed by atoms with van der Waals surface area (Å²) in [7, 11) is -1.11.